The number of halogens is 16. The average Bonchev–Trinajstić information content (AvgIpc) is 3.99. The van der Waals surface area contributed by atoms with Gasteiger partial charge in [-0.25, -0.2) is 114 Å². The van der Waals surface area contributed by atoms with Gasteiger partial charge < -0.3 is 28.2 Å². The van der Waals surface area contributed by atoms with Crippen LogP contribution in [0.15, 0.2) is 68.1 Å². The van der Waals surface area contributed by atoms with Gasteiger partial charge in [-0.2, -0.15) is 0 Å². The molecule has 7 aromatic rings. The second-order valence-corrected chi connectivity index (χ2v) is 21.8. The summed E-state index contributed by atoms with van der Waals surface area (Å²) in [6.07, 6.45) is 0. The molecule has 5 heterocycles. The molecule has 0 fully saturated rings. The largest absolute Gasteiger partial charge is 1.00 e. The number of benzene rings is 4. The van der Waals surface area contributed by atoms with Gasteiger partial charge in [0.25, 0.3) is 0 Å². The Morgan fingerprint density at radius 2 is 0.417 bits per heavy atom. The Kier molecular flexibility index (Phi) is 20.7. The van der Waals surface area contributed by atoms with E-state index in [1.165, 1.54) is 9.97 Å². The summed E-state index contributed by atoms with van der Waals surface area (Å²) in [7, 11) is -23.9. The van der Waals surface area contributed by atoms with Gasteiger partial charge in [-0.1, -0.05) is 0 Å². The number of hydrogen-bond donors (Lipinski definition) is 2. The molecule has 4 aromatic carbocycles. The standard InChI is InChI=1S/C44H14F16N4O12S4.4Na/c45-13-1-9(77(65,66)67)2-14(46)21(13)25-37-29(53)31(55)39(61-37)26(22-15(47)3-10(4-16(22)48)78(68,69)70)41-33(57)35(59)43(63-41)28(24-19(51)7-12(8-20(24)52)80(74,75)76)44-36(60)34(58)42(64-44)27(40-32(56)30(54)38(25)62-40)23-17(49)5-11(6-18(23)50)79(71,72)73;;;;/h1-8,61,64H,(H,65,66,67)(H,68,69,70)(H,71,72,73)(H,74,75,76);;;;/q;4*+1/p-4. The van der Waals surface area contributed by atoms with E-state index in [0.29, 0.717) is 0 Å². The first kappa shape index (κ1) is 70.8. The van der Waals surface area contributed by atoms with Crippen molar-refractivity contribution in [1.82, 2.24) is 19.9 Å². The molecule has 0 unspecified atom stereocenters. The van der Waals surface area contributed by atoms with Crippen LogP contribution in [0.4, 0.5) is 70.2 Å². The fourth-order valence-electron chi connectivity index (χ4n) is 8.28. The van der Waals surface area contributed by atoms with E-state index >= 15 is 70.2 Å². The molecule has 0 atom stereocenters. The molecule has 0 saturated carbocycles. The molecular formula is C44H10F16N4Na4O12S4. The van der Waals surface area contributed by atoms with E-state index in [1.807, 2.05) is 0 Å². The van der Waals surface area contributed by atoms with E-state index in [4.69, 9.17) is 0 Å². The third kappa shape index (κ3) is 12.0. The molecule has 40 heteroatoms. The van der Waals surface area contributed by atoms with Crippen LogP contribution in [-0.4, -0.2) is 71.8 Å². The second kappa shape index (κ2) is 24.5. The molecule has 418 valence electrons. The van der Waals surface area contributed by atoms with Gasteiger partial charge in [0.2, 0.25) is 0 Å². The summed E-state index contributed by atoms with van der Waals surface area (Å²) in [6, 6.07) is -3.52. The van der Waals surface area contributed by atoms with E-state index in [1.54, 1.807) is 0 Å². The fourth-order valence-corrected chi connectivity index (χ4v) is 10.3. The van der Waals surface area contributed by atoms with Gasteiger partial charge in [-0.05, 0) is 48.5 Å². The molecule has 2 aliphatic rings. The zero-order valence-electron chi connectivity index (χ0n) is 41.1. The number of aromatic nitrogens is 4. The molecule has 3 aromatic heterocycles. The van der Waals surface area contributed by atoms with Gasteiger partial charge in [0.05, 0.1) is 63.9 Å². The van der Waals surface area contributed by atoms with Crippen molar-refractivity contribution in [1.29, 1.82) is 0 Å². The quantitative estimate of drug-likeness (QED) is 0.0930. The number of nitrogens with one attached hydrogen (secondary N) is 2. The van der Waals surface area contributed by atoms with Crippen LogP contribution in [0, 0.1) is 69.8 Å². The van der Waals surface area contributed by atoms with Crippen LogP contribution in [0.2, 0.25) is 0 Å². The van der Waals surface area contributed by atoms with Crippen LogP contribution < -0.4 is 118 Å². The first-order valence-corrected chi connectivity index (χ1v) is 26.0. The SMILES string of the molecule is O=S(=O)([O-])c1cc(F)c(-c2c3nc(c(-c4c(F)cc(S(=O)(=O)[O-])cc4F)c4[nH]c(c(F)c4F)c(-c4c(F)cc(S(=O)(=O)[O-])cc4F)c4nc(c(-c5c(F)cc(S(=O)(=O)[O-])cc5F)c5[nH]c2c(F)c5F)C(F)=C4F)C(F)=C3F)c(F)c1.[Na+].[Na+].[Na+].[Na+]. The second-order valence-electron chi connectivity index (χ2n) is 16.2. The van der Waals surface area contributed by atoms with Crippen molar-refractivity contribution in [2.24, 2.45) is 0 Å². The van der Waals surface area contributed by atoms with Crippen LogP contribution >= 0.6 is 0 Å². The Labute approximate surface area is 545 Å². The summed E-state index contributed by atoms with van der Waals surface area (Å²) < 4.78 is 407. The molecule has 9 rings (SSSR count). The summed E-state index contributed by atoms with van der Waals surface area (Å²) in [5.41, 5.74) is -35.9. The minimum absolute atomic E-state index is 0. The predicted octanol–water partition coefficient (Wildman–Crippen LogP) is -2.19. The normalized spacial score (nSPS) is 12.9. The van der Waals surface area contributed by atoms with Crippen molar-refractivity contribution >= 4 is 85.8 Å². The predicted molar refractivity (Wildman–Crippen MR) is 232 cm³/mol. The van der Waals surface area contributed by atoms with Gasteiger partial charge in [0, 0.05) is 22.3 Å². The Balaban J connectivity index is 0.00000323. The number of nitrogens with zero attached hydrogens (tertiary/aromatic N) is 2. The van der Waals surface area contributed by atoms with Gasteiger partial charge >= 0.3 is 118 Å². The molecule has 0 aliphatic carbocycles. The summed E-state index contributed by atoms with van der Waals surface area (Å²) in [4.78, 5) is 1.89. The summed E-state index contributed by atoms with van der Waals surface area (Å²) >= 11 is 0. The zero-order valence-corrected chi connectivity index (χ0v) is 52.4. The van der Waals surface area contributed by atoms with E-state index in [-0.39, 0.29) is 118 Å². The average molecular weight is 1310 g/mol. The summed E-state index contributed by atoms with van der Waals surface area (Å²) in [5.74, 6) is -43.2. The van der Waals surface area contributed by atoms with E-state index < -0.39 is 291 Å². The number of aromatic amines is 2. The molecule has 0 amide bonds. The molecular weight excluding hydrogens is 1300 g/mol. The smallest absolute Gasteiger partial charge is 0.744 e. The van der Waals surface area contributed by atoms with Crippen LogP contribution in [0.3, 0.4) is 0 Å². The number of hydrogen-bond acceptors (Lipinski definition) is 14. The molecule has 0 radical (unpaired) electrons. The van der Waals surface area contributed by atoms with Crippen molar-refractivity contribution in [3.8, 4) is 44.5 Å². The minimum Gasteiger partial charge on any atom is -0.744 e. The number of fused-ring (bicyclic) bond motifs is 8. The minimum atomic E-state index is -5.98. The molecule has 2 aliphatic heterocycles. The van der Waals surface area contributed by atoms with Crippen molar-refractivity contribution in [3.05, 3.63) is 141 Å². The maximum Gasteiger partial charge on any atom is 1.00 e. The third-order valence-corrected chi connectivity index (χ3v) is 14.8. The molecule has 0 spiro atoms. The molecule has 2 N–H and O–H groups in total. The Hall–Kier alpha value is -4.00. The number of H-pyrrole nitrogens is 2. The van der Waals surface area contributed by atoms with Crippen molar-refractivity contribution in [2.45, 2.75) is 19.6 Å². The van der Waals surface area contributed by atoms with Crippen LogP contribution in [0.25, 0.3) is 89.9 Å². The first-order chi connectivity index (χ1) is 36.9. The topological polar surface area (TPSA) is 286 Å². The maximum atomic E-state index is 16.9. The third-order valence-electron chi connectivity index (χ3n) is 11.6. The van der Waals surface area contributed by atoms with Gasteiger partial charge in [-0.15, -0.1) is 0 Å². The van der Waals surface area contributed by atoms with Crippen molar-refractivity contribution in [2.75, 3.05) is 0 Å². The summed E-state index contributed by atoms with van der Waals surface area (Å²) in [5, 5.41) is 0. The van der Waals surface area contributed by atoms with E-state index in [9.17, 15) is 51.9 Å². The summed E-state index contributed by atoms with van der Waals surface area (Å²) in [6.45, 7) is 0. The van der Waals surface area contributed by atoms with Crippen molar-refractivity contribution < 1.29 is 240 Å². The van der Waals surface area contributed by atoms with Crippen LogP contribution in [-0.2, 0) is 40.5 Å². The first-order valence-electron chi connectivity index (χ1n) is 20.4. The van der Waals surface area contributed by atoms with Gasteiger partial charge in [0.1, 0.15) is 110 Å². The van der Waals surface area contributed by atoms with Crippen LogP contribution in [0.1, 0.15) is 22.8 Å². The fraction of sp³-hybridized carbons (Fsp3) is 0. The number of rotatable bonds is 8. The molecule has 8 bridgehead atoms. The molecule has 84 heavy (non-hydrogen) atoms. The molecule has 16 nitrogen and oxygen atoms in total. The Morgan fingerprint density at radius 3 is 0.548 bits per heavy atom. The maximum absolute atomic E-state index is 16.9. The molecule has 0 saturated heterocycles. The Morgan fingerprint density at radius 1 is 0.274 bits per heavy atom. The van der Waals surface area contributed by atoms with Crippen molar-refractivity contribution in [3.63, 3.8) is 0 Å². The van der Waals surface area contributed by atoms with E-state index in [0.717, 1.165) is 0 Å². The van der Waals surface area contributed by atoms with Gasteiger partial charge in [-0.3, -0.25) is 0 Å². The Bertz CT molecular complexity index is 4140. The van der Waals surface area contributed by atoms with Gasteiger partial charge in [0.15, 0.2) is 46.6 Å². The zero-order chi connectivity index (χ0) is 59.3. The monoisotopic (exact) mass is 1310 g/mol. The van der Waals surface area contributed by atoms with E-state index in [2.05, 4.69) is 9.97 Å². The van der Waals surface area contributed by atoms with Crippen LogP contribution in [0.5, 0.6) is 0 Å².